The second kappa shape index (κ2) is 6.18. The van der Waals surface area contributed by atoms with Crippen molar-refractivity contribution in [3.8, 4) is 11.3 Å². The van der Waals surface area contributed by atoms with Crippen LogP contribution < -0.4 is 0 Å². The maximum Gasteiger partial charge on any atom is 0.335 e. The normalized spacial score (nSPS) is 13.8. The van der Waals surface area contributed by atoms with Crippen LogP contribution in [0.2, 0.25) is 0 Å². The summed E-state index contributed by atoms with van der Waals surface area (Å²) in [5, 5.41) is 14.0. The lowest BCUT2D eigenvalue weighted by Crippen LogP contribution is -2.13. The number of fused-ring (bicyclic) bond motifs is 1. The highest BCUT2D eigenvalue weighted by Gasteiger charge is 2.26. The second-order valence-electron chi connectivity index (χ2n) is 6.48. The molecule has 0 saturated carbocycles. The molecule has 5 heteroatoms. The summed E-state index contributed by atoms with van der Waals surface area (Å²) in [7, 11) is 2.09. The van der Waals surface area contributed by atoms with Gasteiger partial charge in [-0.3, -0.25) is 9.58 Å². The quantitative estimate of drug-likeness (QED) is 0.796. The van der Waals surface area contributed by atoms with Gasteiger partial charge in [0.25, 0.3) is 0 Å². The maximum atomic E-state index is 11.2. The molecule has 1 N–H and O–H groups in total. The molecule has 0 radical (unpaired) electrons. The van der Waals surface area contributed by atoms with Gasteiger partial charge in [0.05, 0.1) is 23.5 Å². The van der Waals surface area contributed by atoms with E-state index < -0.39 is 5.97 Å². The minimum Gasteiger partial charge on any atom is -0.478 e. The molecule has 3 aromatic rings. The molecular weight excluding hydrogens is 314 g/mol. The molecule has 126 valence electrons. The van der Waals surface area contributed by atoms with Gasteiger partial charge in [-0.2, -0.15) is 5.10 Å². The largest absolute Gasteiger partial charge is 0.478 e. The summed E-state index contributed by atoms with van der Waals surface area (Å²) in [6, 6.07) is 17.3. The number of benzene rings is 2. The molecular formula is C20H19N3O2. The molecule has 2 aromatic carbocycles. The first-order chi connectivity index (χ1) is 12.1. The molecule has 0 bridgehead atoms. The molecule has 2 heterocycles. The minimum atomic E-state index is -0.908. The van der Waals surface area contributed by atoms with Crippen LogP contribution in [0.1, 0.15) is 27.2 Å². The van der Waals surface area contributed by atoms with Crippen molar-refractivity contribution in [2.45, 2.75) is 19.6 Å². The van der Waals surface area contributed by atoms with E-state index in [2.05, 4.69) is 24.1 Å². The molecule has 1 aliphatic heterocycles. The number of hydrogen-bond donors (Lipinski definition) is 1. The van der Waals surface area contributed by atoms with E-state index in [1.165, 1.54) is 5.56 Å². The van der Waals surface area contributed by atoms with E-state index in [1.807, 2.05) is 28.9 Å². The lowest BCUT2D eigenvalue weighted by atomic mass is 10.1. The number of carboxylic acid groups (broad SMARTS) is 1. The van der Waals surface area contributed by atoms with Crippen molar-refractivity contribution in [1.29, 1.82) is 0 Å². The van der Waals surface area contributed by atoms with Crippen LogP contribution in [0.4, 0.5) is 0 Å². The van der Waals surface area contributed by atoms with E-state index >= 15 is 0 Å². The zero-order valence-electron chi connectivity index (χ0n) is 14.0. The van der Waals surface area contributed by atoms with Crippen molar-refractivity contribution in [2.75, 3.05) is 7.05 Å². The molecule has 0 saturated heterocycles. The van der Waals surface area contributed by atoms with Gasteiger partial charge in [-0.05, 0) is 24.7 Å². The lowest BCUT2D eigenvalue weighted by Gasteiger charge is -2.13. The Hall–Kier alpha value is -2.92. The third-order valence-electron chi connectivity index (χ3n) is 4.53. The topological polar surface area (TPSA) is 58.4 Å². The van der Waals surface area contributed by atoms with Crippen molar-refractivity contribution in [3.05, 3.63) is 77.0 Å². The van der Waals surface area contributed by atoms with Crippen LogP contribution in [-0.2, 0) is 19.6 Å². The Labute approximate surface area is 146 Å². The van der Waals surface area contributed by atoms with Crippen LogP contribution in [0.25, 0.3) is 11.3 Å². The van der Waals surface area contributed by atoms with Crippen LogP contribution in [-0.4, -0.2) is 32.8 Å². The van der Waals surface area contributed by atoms with E-state index in [0.29, 0.717) is 12.1 Å². The van der Waals surface area contributed by atoms with E-state index in [4.69, 9.17) is 5.10 Å². The Bertz CT molecular complexity index is 931. The highest BCUT2D eigenvalue weighted by atomic mass is 16.4. The molecule has 0 amide bonds. The van der Waals surface area contributed by atoms with Crippen molar-refractivity contribution >= 4 is 5.97 Å². The standard InChI is InChI=1S/C20H19N3O2/c1-22-12-17-18(13-22)21-23(19(17)15-7-3-2-4-8-15)11-14-6-5-9-16(10-14)20(24)25/h2-10H,11-13H2,1H3,(H,24,25). The lowest BCUT2D eigenvalue weighted by molar-refractivity contribution is 0.0696. The summed E-state index contributed by atoms with van der Waals surface area (Å²) in [4.78, 5) is 13.5. The molecule has 1 aromatic heterocycles. The van der Waals surface area contributed by atoms with Gasteiger partial charge in [-0.25, -0.2) is 4.79 Å². The first-order valence-corrected chi connectivity index (χ1v) is 8.26. The van der Waals surface area contributed by atoms with E-state index in [1.54, 1.807) is 18.2 Å². The fraction of sp³-hybridized carbons (Fsp3) is 0.200. The Balaban J connectivity index is 1.77. The average molecular weight is 333 g/mol. The van der Waals surface area contributed by atoms with E-state index in [0.717, 1.165) is 35.6 Å². The number of carbonyl (C=O) groups is 1. The number of aromatic nitrogens is 2. The highest BCUT2D eigenvalue weighted by Crippen LogP contribution is 2.32. The SMILES string of the molecule is CN1Cc2nn(Cc3cccc(C(=O)O)c3)c(-c3ccccc3)c2C1. The fourth-order valence-electron chi connectivity index (χ4n) is 3.43. The van der Waals surface area contributed by atoms with Crippen LogP contribution in [0, 0.1) is 0 Å². The zero-order chi connectivity index (χ0) is 17.4. The number of aromatic carboxylic acids is 1. The Morgan fingerprint density at radius 2 is 1.92 bits per heavy atom. The van der Waals surface area contributed by atoms with Crippen LogP contribution in [0.3, 0.4) is 0 Å². The van der Waals surface area contributed by atoms with Crippen molar-refractivity contribution < 1.29 is 9.90 Å². The van der Waals surface area contributed by atoms with Crippen LogP contribution in [0.15, 0.2) is 54.6 Å². The summed E-state index contributed by atoms with van der Waals surface area (Å²) in [5.74, 6) is -0.908. The van der Waals surface area contributed by atoms with Crippen LogP contribution >= 0.6 is 0 Å². The molecule has 0 atom stereocenters. The Morgan fingerprint density at radius 1 is 1.12 bits per heavy atom. The molecule has 0 unspecified atom stereocenters. The van der Waals surface area contributed by atoms with Gasteiger partial charge in [0.15, 0.2) is 0 Å². The summed E-state index contributed by atoms with van der Waals surface area (Å²) < 4.78 is 2.01. The van der Waals surface area contributed by atoms with Gasteiger partial charge < -0.3 is 5.11 Å². The van der Waals surface area contributed by atoms with Gasteiger partial charge in [0.2, 0.25) is 0 Å². The maximum absolute atomic E-state index is 11.2. The van der Waals surface area contributed by atoms with Crippen molar-refractivity contribution in [1.82, 2.24) is 14.7 Å². The monoisotopic (exact) mass is 333 g/mol. The van der Waals surface area contributed by atoms with E-state index in [-0.39, 0.29) is 0 Å². The van der Waals surface area contributed by atoms with Crippen molar-refractivity contribution in [3.63, 3.8) is 0 Å². The number of carboxylic acids is 1. The summed E-state index contributed by atoms with van der Waals surface area (Å²) in [5.41, 5.74) is 5.88. The predicted molar refractivity (Wildman–Crippen MR) is 95.3 cm³/mol. The zero-order valence-corrected chi connectivity index (χ0v) is 14.0. The average Bonchev–Trinajstić information content (AvgIpc) is 3.11. The predicted octanol–water partition coefficient (Wildman–Crippen LogP) is 3.24. The molecule has 5 nitrogen and oxygen atoms in total. The van der Waals surface area contributed by atoms with E-state index in [9.17, 15) is 9.90 Å². The summed E-state index contributed by atoms with van der Waals surface area (Å²) in [6.07, 6.45) is 0. The van der Waals surface area contributed by atoms with Gasteiger partial charge >= 0.3 is 5.97 Å². The van der Waals surface area contributed by atoms with Gasteiger partial charge in [0, 0.05) is 24.2 Å². The summed E-state index contributed by atoms with van der Waals surface area (Å²) >= 11 is 0. The molecule has 0 aliphatic carbocycles. The first kappa shape index (κ1) is 15.6. The Morgan fingerprint density at radius 3 is 2.68 bits per heavy atom. The minimum absolute atomic E-state index is 0.304. The Kier molecular flexibility index (Phi) is 3.86. The second-order valence-corrected chi connectivity index (χ2v) is 6.48. The van der Waals surface area contributed by atoms with Gasteiger partial charge in [0.1, 0.15) is 0 Å². The van der Waals surface area contributed by atoms with Crippen molar-refractivity contribution in [2.24, 2.45) is 0 Å². The smallest absolute Gasteiger partial charge is 0.335 e. The third-order valence-corrected chi connectivity index (χ3v) is 4.53. The first-order valence-electron chi connectivity index (χ1n) is 8.26. The molecule has 0 spiro atoms. The van der Waals surface area contributed by atoms with Gasteiger partial charge in [-0.15, -0.1) is 0 Å². The van der Waals surface area contributed by atoms with Gasteiger partial charge in [-0.1, -0.05) is 42.5 Å². The molecule has 4 rings (SSSR count). The molecule has 0 fully saturated rings. The number of nitrogens with zero attached hydrogens (tertiary/aromatic N) is 3. The van der Waals surface area contributed by atoms with Crippen LogP contribution in [0.5, 0.6) is 0 Å². The molecule has 25 heavy (non-hydrogen) atoms. The molecule has 1 aliphatic rings. The number of hydrogen-bond acceptors (Lipinski definition) is 3. The third kappa shape index (κ3) is 2.94. The highest BCUT2D eigenvalue weighted by molar-refractivity contribution is 5.87. The fourth-order valence-corrected chi connectivity index (χ4v) is 3.43. The number of rotatable bonds is 4. The summed E-state index contributed by atoms with van der Waals surface area (Å²) in [6.45, 7) is 2.29.